The topological polar surface area (TPSA) is 247 Å². The molecule has 0 bridgehead atoms. The molecule has 172 valence electrons. The Balaban J connectivity index is 0.000000442. The minimum absolute atomic E-state index is 0.442. The maximum Gasteiger partial charge on any atom is 0.336 e. The van der Waals surface area contributed by atoms with Crippen LogP contribution in [0.15, 0.2) is 24.5 Å². The number of rotatable bonds is 8. The number of aliphatic hydroxyl groups is 4. The Labute approximate surface area is 174 Å². The first kappa shape index (κ1) is 25.9. The Morgan fingerprint density at radius 3 is 2.19 bits per heavy atom. The van der Waals surface area contributed by atoms with E-state index in [2.05, 4.69) is 9.72 Å². The van der Waals surface area contributed by atoms with Crippen LogP contribution in [-0.2, 0) is 23.9 Å². The van der Waals surface area contributed by atoms with Gasteiger partial charge >= 0.3 is 17.9 Å². The van der Waals surface area contributed by atoms with Crippen molar-refractivity contribution in [1.82, 2.24) is 4.98 Å². The molecule has 0 aromatic carbocycles. The number of esters is 1. The van der Waals surface area contributed by atoms with Crippen LogP contribution < -0.4 is 5.73 Å². The van der Waals surface area contributed by atoms with Gasteiger partial charge in [-0.15, -0.1) is 0 Å². The van der Waals surface area contributed by atoms with Crippen molar-refractivity contribution in [1.29, 1.82) is 0 Å². The summed E-state index contributed by atoms with van der Waals surface area (Å²) < 4.78 is 9.38. The van der Waals surface area contributed by atoms with Crippen LogP contribution in [-0.4, -0.2) is 96.2 Å². The van der Waals surface area contributed by atoms with Crippen molar-refractivity contribution < 1.29 is 59.3 Å². The number of carbonyl (C=O) groups excluding carboxylic acids is 2. The average molecular weight is 446 g/mol. The first-order valence-electron chi connectivity index (χ1n) is 8.60. The molecule has 1 aliphatic heterocycles. The molecule has 0 spiro atoms. The summed E-state index contributed by atoms with van der Waals surface area (Å²) in [5.41, 5.74) is 2.49. The highest BCUT2D eigenvalue weighted by atomic mass is 16.7. The van der Waals surface area contributed by atoms with Gasteiger partial charge in [0.1, 0.15) is 18.3 Å². The maximum atomic E-state index is 11.6. The summed E-state index contributed by atoms with van der Waals surface area (Å²) >= 11 is 0. The number of nitrogens with zero attached hydrogens (tertiary/aromatic N) is 1. The number of carboxylic acids is 2. The molecule has 1 aromatic rings. The molecule has 1 saturated heterocycles. The normalized spacial score (nSPS) is 24.3. The second kappa shape index (κ2) is 11.3. The highest BCUT2D eigenvalue weighted by Gasteiger charge is 2.47. The van der Waals surface area contributed by atoms with Gasteiger partial charge in [0.15, 0.2) is 5.60 Å². The second-order valence-electron chi connectivity index (χ2n) is 6.39. The van der Waals surface area contributed by atoms with E-state index in [0.717, 1.165) is 0 Å². The fraction of sp³-hybridized carbons (Fsp3) is 0.471. The number of hydrogen-bond donors (Lipinski definition) is 7. The van der Waals surface area contributed by atoms with Crippen LogP contribution in [0.1, 0.15) is 23.2 Å². The zero-order chi connectivity index (χ0) is 23.8. The smallest absolute Gasteiger partial charge is 0.336 e. The van der Waals surface area contributed by atoms with Gasteiger partial charge in [-0.1, -0.05) is 0 Å². The third-order valence-electron chi connectivity index (χ3n) is 3.97. The lowest BCUT2D eigenvalue weighted by Gasteiger charge is -2.22. The summed E-state index contributed by atoms with van der Waals surface area (Å²) in [6.45, 7) is -0.662. The molecule has 1 fully saturated rings. The van der Waals surface area contributed by atoms with Crippen LogP contribution in [0.5, 0.6) is 0 Å². The number of carboxylic acid groups (broad SMARTS) is 2. The van der Waals surface area contributed by atoms with Crippen LogP contribution in [0.2, 0.25) is 0 Å². The Bertz CT molecular complexity index is 789. The maximum absolute atomic E-state index is 11.6. The van der Waals surface area contributed by atoms with Crippen LogP contribution >= 0.6 is 0 Å². The predicted molar refractivity (Wildman–Crippen MR) is 96.1 cm³/mol. The Morgan fingerprint density at radius 1 is 1.16 bits per heavy atom. The molecule has 2 rings (SSSR count). The highest BCUT2D eigenvalue weighted by molar-refractivity contribution is 5.92. The summed E-state index contributed by atoms with van der Waals surface area (Å²) in [6.07, 6.45) is -5.52. The van der Waals surface area contributed by atoms with Gasteiger partial charge in [-0.3, -0.25) is 19.4 Å². The molecule has 0 radical (unpaired) electrons. The molecule has 5 atom stereocenters. The van der Waals surface area contributed by atoms with Gasteiger partial charge in [0.25, 0.3) is 0 Å². The van der Waals surface area contributed by atoms with Crippen molar-refractivity contribution in [2.45, 2.75) is 43.0 Å². The van der Waals surface area contributed by atoms with Gasteiger partial charge in [-0.2, -0.15) is 0 Å². The molecule has 0 saturated carbocycles. The average Bonchev–Trinajstić information content (AvgIpc) is 2.96. The van der Waals surface area contributed by atoms with Crippen LogP contribution in [0, 0.1) is 0 Å². The number of aliphatic hydroxyl groups excluding tert-OH is 3. The summed E-state index contributed by atoms with van der Waals surface area (Å²) in [5.74, 6) is -5.39. The SMILES string of the molecule is NC(=O)c1cccnc1.O=C(O)CC(O)(CC(=O)OC1O[C@H](CO)[C@@H](O)[C@H]1O)C(=O)O. The third kappa shape index (κ3) is 7.54. The van der Waals surface area contributed by atoms with E-state index in [1.807, 2.05) is 0 Å². The van der Waals surface area contributed by atoms with Gasteiger partial charge in [0.2, 0.25) is 12.2 Å². The monoisotopic (exact) mass is 446 g/mol. The lowest BCUT2D eigenvalue weighted by molar-refractivity contribution is -0.197. The van der Waals surface area contributed by atoms with Gasteiger partial charge in [-0.25, -0.2) is 4.79 Å². The third-order valence-corrected chi connectivity index (χ3v) is 3.97. The molecule has 31 heavy (non-hydrogen) atoms. The zero-order valence-corrected chi connectivity index (χ0v) is 15.9. The minimum atomic E-state index is -2.89. The van der Waals surface area contributed by atoms with Gasteiger partial charge in [0.05, 0.1) is 25.0 Å². The molecule has 2 heterocycles. The Hall–Kier alpha value is -3.17. The van der Waals surface area contributed by atoms with Crippen LogP contribution in [0.4, 0.5) is 0 Å². The number of primary amides is 1. The summed E-state index contributed by atoms with van der Waals surface area (Å²) in [5, 5.41) is 54.8. The molecule has 14 heteroatoms. The molecule has 2 unspecified atom stereocenters. The van der Waals surface area contributed by atoms with Crippen molar-refractivity contribution in [3.63, 3.8) is 0 Å². The Morgan fingerprint density at radius 2 is 1.81 bits per heavy atom. The van der Waals surface area contributed by atoms with E-state index in [1.54, 1.807) is 18.3 Å². The van der Waals surface area contributed by atoms with E-state index < -0.39 is 73.5 Å². The largest absolute Gasteiger partial charge is 0.481 e. The highest BCUT2D eigenvalue weighted by Crippen LogP contribution is 2.24. The molecule has 0 aliphatic carbocycles. The number of pyridine rings is 1. The molecular formula is C17H22N2O12. The first-order chi connectivity index (χ1) is 14.4. The predicted octanol–water partition coefficient (Wildman–Crippen LogP) is -3.17. The zero-order valence-electron chi connectivity index (χ0n) is 15.9. The second-order valence-corrected chi connectivity index (χ2v) is 6.39. The lowest BCUT2D eigenvalue weighted by atomic mass is 9.96. The van der Waals surface area contributed by atoms with E-state index >= 15 is 0 Å². The molecule has 1 aliphatic rings. The van der Waals surface area contributed by atoms with Crippen LogP contribution in [0.3, 0.4) is 0 Å². The number of amides is 1. The van der Waals surface area contributed by atoms with Gasteiger partial charge < -0.3 is 45.8 Å². The van der Waals surface area contributed by atoms with Gasteiger partial charge in [-0.05, 0) is 12.1 Å². The van der Waals surface area contributed by atoms with Crippen molar-refractivity contribution in [3.8, 4) is 0 Å². The molecule has 8 N–H and O–H groups in total. The number of aliphatic carboxylic acids is 2. The van der Waals surface area contributed by atoms with E-state index in [0.29, 0.717) is 5.56 Å². The van der Waals surface area contributed by atoms with E-state index in [4.69, 9.17) is 25.8 Å². The number of aromatic nitrogens is 1. The van der Waals surface area contributed by atoms with Crippen molar-refractivity contribution in [2.75, 3.05) is 6.61 Å². The number of nitrogens with two attached hydrogens (primary N) is 1. The number of ether oxygens (including phenoxy) is 2. The van der Waals surface area contributed by atoms with Crippen molar-refractivity contribution in [3.05, 3.63) is 30.1 Å². The Kier molecular flexibility index (Phi) is 9.41. The molecule has 1 aromatic heterocycles. The lowest BCUT2D eigenvalue weighted by Crippen LogP contribution is -2.44. The molecule has 1 amide bonds. The van der Waals surface area contributed by atoms with E-state index in [-0.39, 0.29) is 0 Å². The standard InChI is InChI=1S/C11H16O11.C6H6N2O/c12-3-4-7(16)8(17)9(21-4)22-6(15)2-11(20,10(18)19)1-5(13)14;7-6(9)5-2-1-3-8-4-5/h4,7-9,12,16-17,20H,1-3H2,(H,13,14)(H,18,19);1-4H,(H2,7,9)/t4-,7-,8-,9?,11?;/m1./s1. The van der Waals surface area contributed by atoms with E-state index in [1.165, 1.54) is 6.20 Å². The van der Waals surface area contributed by atoms with Gasteiger partial charge in [0, 0.05) is 12.4 Å². The summed E-state index contributed by atoms with van der Waals surface area (Å²) in [4.78, 5) is 47.1. The summed E-state index contributed by atoms with van der Waals surface area (Å²) in [7, 11) is 0. The minimum Gasteiger partial charge on any atom is -0.481 e. The van der Waals surface area contributed by atoms with E-state index in [9.17, 15) is 34.5 Å². The number of hydrogen-bond acceptors (Lipinski definition) is 11. The molecule has 14 nitrogen and oxygen atoms in total. The fourth-order valence-electron chi connectivity index (χ4n) is 2.35. The quantitative estimate of drug-likeness (QED) is 0.195. The fourth-order valence-corrected chi connectivity index (χ4v) is 2.35. The summed E-state index contributed by atoms with van der Waals surface area (Å²) in [6, 6.07) is 3.29. The number of carbonyl (C=O) groups is 4. The molecular weight excluding hydrogens is 424 g/mol. The van der Waals surface area contributed by atoms with Crippen LogP contribution in [0.25, 0.3) is 0 Å². The first-order valence-corrected chi connectivity index (χ1v) is 8.60. The van der Waals surface area contributed by atoms with Crippen molar-refractivity contribution in [2.24, 2.45) is 5.73 Å². The van der Waals surface area contributed by atoms with Crippen molar-refractivity contribution >= 4 is 23.8 Å².